The molecule has 2 N–H and O–H groups in total. The highest BCUT2D eigenvalue weighted by Crippen LogP contribution is 2.29. The maximum atomic E-state index is 11.1. The van der Waals surface area contributed by atoms with E-state index in [4.69, 9.17) is 0 Å². The van der Waals surface area contributed by atoms with E-state index < -0.39 is 4.92 Å². The number of aryl methyl sites for hydroxylation is 1. The molecule has 0 spiro atoms. The minimum absolute atomic E-state index is 0.104. The highest BCUT2D eigenvalue weighted by atomic mass is 32.1. The van der Waals surface area contributed by atoms with Crippen LogP contribution in [0.25, 0.3) is 0 Å². The standard InChI is InChI=1S/C11H13N5O2S/c1-3-12-11-13-7(2)9(16(17)18)10(15-11)14-8-4-5-19-6-8/h4-6H,3H2,1-2H3,(H2,12,13,14,15). The maximum absolute atomic E-state index is 11.1. The topological polar surface area (TPSA) is 93.0 Å². The van der Waals surface area contributed by atoms with Crippen molar-refractivity contribution in [2.24, 2.45) is 0 Å². The highest BCUT2D eigenvalue weighted by Gasteiger charge is 2.22. The van der Waals surface area contributed by atoms with Gasteiger partial charge >= 0.3 is 5.69 Å². The summed E-state index contributed by atoms with van der Waals surface area (Å²) >= 11 is 1.50. The zero-order chi connectivity index (χ0) is 13.8. The Morgan fingerprint density at radius 2 is 2.26 bits per heavy atom. The molecular weight excluding hydrogens is 266 g/mol. The highest BCUT2D eigenvalue weighted by molar-refractivity contribution is 7.08. The summed E-state index contributed by atoms with van der Waals surface area (Å²) in [6.45, 7) is 4.15. The van der Waals surface area contributed by atoms with Crippen LogP contribution in [0.5, 0.6) is 0 Å². The lowest BCUT2D eigenvalue weighted by atomic mass is 10.3. The lowest BCUT2D eigenvalue weighted by Gasteiger charge is -2.08. The van der Waals surface area contributed by atoms with Gasteiger partial charge in [0.1, 0.15) is 5.69 Å². The van der Waals surface area contributed by atoms with E-state index in [0.717, 1.165) is 5.69 Å². The molecule has 0 aliphatic rings. The lowest BCUT2D eigenvalue weighted by molar-refractivity contribution is -0.385. The van der Waals surface area contributed by atoms with Gasteiger partial charge in [-0.3, -0.25) is 10.1 Å². The molecule has 0 fully saturated rings. The number of anilines is 3. The Hall–Kier alpha value is -2.22. The van der Waals surface area contributed by atoms with Crippen LogP contribution in [0.3, 0.4) is 0 Å². The van der Waals surface area contributed by atoms with E-state index in [0.29, 0.717) is 18.2 Å². The normalized spacial score (nSPS) is 10.2. The van der Waals surface area contributed by atoms with Gasteiger partial charge in [-0.1, -0.05) is 0 Å². The average Bonchev–Trinajstić information content (AvgIpc) is 2.81. The first-order valence-corrected chi connectivity index (χ1v) is 6.62. The number of rotatable bonds is 5. The Bertz CT molecular complexity index is 585. The van der Waals surface area contributed by atoms with Crippen LogP contribution in [0.4, 0.5) is 23.1 Å². The third-order valence-electron chi connectivity index (χ3n) is 2.36. The molecule has 100 valence electrons. The van der Waals surface area contributed by atoms with Crippen LogP contribution in [-0.4, -0.2) is 21.4 Å². The third kappa shape index (κ3) is 2.97. The molecule has 0 amide bonds. The molecule has 2 rings (SSSR count). The molecule has 8 heteroatoms. The molecule has 2 aromatic rings. The number of nitrogens with one attached hydrogen (secondary N) is 2. The number of nitrogens with zero attached hydrogens (tertiary/aromatic N) is 3. The summed E-state index contributed by atoms with van der Waals surface area (Å²) in [7, 11) is 0. The second-order valence-electron chi connectivity index (χ2n) is 3.75. The summed E-state index contributed by atoms with van der Waals surface area (Å²) in [5, 5.41) is 20.7. The van der Waals surface area contributed by atoms with E-state index in [1.807, 2.05) is 23.8 Å². The van der Waals surface area contributed by atoms with Gasteiger partial charge in [-0.15, -0.1) is 0 Å². The summed E-state index contributed by atoms with van der Waals surface area (Å²) in [6, 6.07) is 1.83. The third-order valence-corrected chi connectivity index (χ3v) is 3.04. The van der Waals surface area contributed by atoms with E-state index in [1.54, 1.807) is 6.92 Å². The molecule has 19 heavy (non-hydrogen) atoms. The molecule has 0 bridgehead atoms. The van der Waals surface area contributed by atoms with Crippen molar-refractivity contribution in [3.63, 3.8) is 0 Å². The Morgan fingerprint density at radius 1 is 1.47 bits per heavy atom. The van der Waals surface area contributed by atoms with Gasteiger partial charge in [0.25, 0.3) is 0 Å². The van der Waals surface area contributed by atoms with Crippen LogP contribution < -0.4 is 10.6 Å². The molecular formula is C11H13N5O2S. The van der Waals surface area contributed by atoms with Crippen LogP contribution in [0, 0.1) is 17.0 Å². The van der Waals surface area contributed by atoms with Crippen molar-refractivity contribution in [2.45, 2.75) is 13.8 Å². The van der Waals surface area contributed by atoms with Crippen molar-refractivity contribution < 1.29 is 4.92 Å². The first-order chi connectivity index (χ1) is 9.11. The van der Waals surface area contributed by atoms with Crippen LogP contribution >= 0.6 is 11.3 Å². The summed E-state index contributed by atoms with van der Waals surface area (Å²) in [5.74, 6) is 0.579. The number of hydrogen-bond donors (Lipinski definition) is 2. The van der Waals surface area contributed by atoms with Gasteiger partial charge in [-0.05, 0) is 25.3 Å². The van der Waals surface area contributed by atoms with Crippen molar-refractivity contribution in [2.75, 3.05) is 17.2 Å². The first kappa shape index (κ1) is 13.2. The van der Waals surface area contributed by atoms with Crippen molar-refractivity contribution in [3.05, 3.63) is 32.6 Å². The molecule has 2 heterocycles. The van der Waals surface area contributed by atoms with Crippen LogP contribution in [-0.2, 0) is 0 Å². The van der Waals surface area contributed by atoms with E-state index in [9.17, 15) is 10.1 Å². The fourth-order valence-electron chi connectivity index (χ4n) is 1.58. The molecule has 0 atom stereocenters. The Kier molecular flexibility index (Phi) is 3.91. The fourth-order valence-corrected chi connectivity index (χ4v) is 2.17. The second-order valence-corrected chi connectivity index (χ2v) is 4.53. The first-order valence-electron chi connectivity index (χ1n) is 5.68. The van der Waals surface area contributed by atoms with Gasteiger partial charge in [-0.2, -0.15) is 16.3 Å². The van der Waals surface area contributed by atoms with Crippen molar-refractivity contribution in [1.82, 2.24) is 9.97 Å². The summed E-state index contributed by atoms with van der Waals surface area (Å²) < 4.78 is 0. The molecule has 0 aliphatic carbocycles. The monoisotopic (exact) mass is 279 g/mol. The molecule has 7 nitrogen and oxygen atoms in total. The second kappa shape index (κ2) is 5.61. The largest absolute Gasteiger partial charge is 0.354 e. The van der Waals surface area contributed by atoms with Crippen molar-refractivity contribution in [3.8, 4) is 0 Å². The number of nitro groups is 1. The Balaban J connectivity index is 2.44. The smallest absolute Gasteiger partial charge is 0.332 e. The molecule has 0 radical (unpaired) electrons. The number of hydrogen-bond acceptors (Lipinski definition) is 7. The summed E-state index contributed by atoms with van der Waals surface area (Å²) in [6.07, 6.45) is 0. The lowest BCUT2D eigenvalue weighted by Crippen LogP contribution is -2.08. The van der Waals surface area contributed by atoms with Crippen LogP contribution in [0.1, 0.15) is 12.6 Å². The number of aromatic nitrogens is 2. The summed E-state index contributed by atoms with van der Waals surface area (Å²) in [5.41, 5.74) is 0.996. The average molecular weight is 279 g/mol. The molecule has 0 saturated carbocycles. The number of thiophene rings is 1. The zero-order valence-electron chi connectivity index (χ0n) is 10.5. The summed E-state index contributed by atoms with van der Waals surface area (Å²) in [4.78, 5) is 18.9. The Labute approximate surface area is 113 Å². The SMILES string of the molecule is CCNc1nc(C)c([N+](=O)[O-])c(Nc2ccsc2)n1. The molecule has 0 aromatic carbocycles. The van der Waals surface area contributed by atoms with Gasteiger partial charge in [-0.25, -0.2) is 4.98 Å². The van der Waals surface area contributed by atoms with Gasteiger partial charge in [0, 0.05) is 11.9 Å². The fraction of sp³-hybridized carbons (Fsp3) is 0.273. The zero-order valence-corrected chi connectivity index (χ0v) is 11.3. The van der Waals surface area contributed by atoms with Crippen LogP contribution in [0.2, 0.25) is 0 Å². The van der Waals surface area contributed by atoms with Gasteiger partial charge < -0.3 is 10.6 Å². The molecule has 0 unspecified atom stereocenters. The van der Waals surface area contributed by atoms with E-state index in [1.165, 1.54) is 11.3 Å². The predicted octanol–water partition coefficient (Wildman–Crippen LogP) is 2.93. The molecule has 0 aliphatic heterocycles. The maximum Gasteiger partial charge on any atom is 0.332 e. The predicted molar refractivity (Wildman–Crippen MR) is 75.2 cm³/mol. The minimum Gasteiger partial charge on any atom is -0.354 e. The molecule has 0 saturated heterocycles. The van der Waals surface area contributed by atoms with E-state index in [-0.39, 0.29) is 11.5 Å². The van der Waals surface area contributed by atoms with Gasteiger partial charge in [0.05, 0.1) is 10.6 Å². The quantitative estimate of drug-likeness (QED) is 0.645. The van der Waals surface area contributed by atoms with E-state index >= 15 is 0 Å². The van der Waals surface area contributed by atoms with Crippen LogP contribution in [0.15, 0.2) is 16.8 Å². The molecule has 2 aromatic heterocycles. The van der Waals surface area contributed by atoms with Gasteiger partial charge in [0.15, 0.2) is 0 Å². The Morgan fingerprint density at radius 3 is 2.84 bits per heavy atom. The van der Waals surface area contributed by atoms with Gasteiger partial charge in [0.2, 0.25) is 11.8 Å². The van der Waals surface area contributed by atoms with Crippen molar-refractivity contribution >= 4 is 34.5 Å². The van der Waals surface area contributed by atoms with E-state index in [2.05, 4.69) is 20.6 Å². The minimum atomic E-state index is -0.472. The van der Waals surface area contributed by atoms with Crippen molar-refractivity contribution in [1.29, 1.82) is 0 Å².